The Hall–Kier alpha value is -5.61. The highest BCUT2D eigenvalue weighted by atomic mass is 15.2. The molecule has 4 bridgehead atoms. The maximum absolute atomic E-state index is 5.30. The Balaban J connectivity index is 1.22. The highest BCUT2D eigenvalue weighted by molar-refractivity contribution is 6.17. The molecular formula is C47H36N4. The van der Waals surface area contributed by atoms with Crippen molar-refractivity contribution in [1.29, 1.82) is 0 Å². The van der Waals surface area contributed by atoms with E-state index in [0.29, 0.717) is 29.4 Å². The van der Waals surface area contributed by atoms with E-state index in [0.717, 1.165) is 28.5 Å². The number of hydrogen-bond acceptors (Lipinski definition) is 3. The van der Waals surface area contributed by atoms with E-state index < -0.39 is 0 Å². The Morgan fingerprint density at radius 2 is 1.10 bits per heavy atom. The zero-order valence-corrected chi connectivity index (χ0v) is 28.3. The SMILES string of the molecule is c1ccc(-c2nc(-c3ccccc3)nc(-n3c4cc5ccccc5cc4c4c5c(ccc43)-c3ccccc3C53C4CC5CC(C4)CC3C5)n2)cc1. The summed E-state index contributed by atoms with van der Waals surface area (Å²) < 4.78 is 2.35. The second-order valence-electron chi connectivity index (χ2n) is 15.7. The van der Waals surface area contributed by atoms with Crippen LogP contribution in [0, 0.1) is 23.7 Å². The van der Waals surface area contributed by atoms with Gasteiger partial charge in [-0.05, 0) is 107 Å². The molecule has 0 atom stereocenters. The first-order valence-electron chi connectivity index (χ1n) is 18.7. The molecule has 4 heteroatoms. The molecule has 4 nitrogen and oxygen atoms in total. The summed E-state index contributed by atoms with van der Waals surface area (Å²) in [5, 5.41) is 5.17. The van der Waals surface area contributed by atoms with Crippen LogP contribution in [0.15, 0.2) is 133 Å². The van der Waals surface area contributed by atoms with E-state index in [1.165, 1.54) is 70.3 Å². The molecule has 2 heterocycles. The number of fused-ring (bicyclic) bond motifs is 8. The van der Waals surface area contributed by atoms with Crippen LogP contribution < -0.4 is 0 Å². The van der Waals surface area contributed by atoms with Crippen molar-refractivity contribution < 1.29 is 0 Å². The standard InChI is InChI=1S/C47H36N4/c1-3-11-30(12-4-1)44-48-45(31-13-5-2-6-14-31)50-46(49-44)51-40-20-19-37-36-17-9-10-18-39(36)47(34-22-28-21-29(24-34)25-35(47)23-28)43(37)42(40)38-26-32-15-7-8-16-33(32)27-41(38)51/h1-20,26-29,34-35H,21-25H2. The van der Waals surface area contributed by atoms with Crippen LogP contribution in [0.25, 0.3) is 72.4 Å². The second-order valence-corrected chi connectivity index (χ2v) is 15.7. The van der Waals surface area contributed by atoms with Crippen LogP contribution in [0.2, 0.25) is 0 Å². The van der Waals surface area contributed by atoms with Gasteiger partial charge in [-0.1, -0.05) is 115 Å². The van der Waals surface area contributed by atoms with Gasteiger partial charge in [0, 0.05) is 27.3 Å². The fourth-order valence-corrected chi connectivity index (χ4v) is 11.5. The summed E-state index contributed by atoms with van der Waals surface area (Å²) in [4.78, 5) is 15.7. The third kappa shape index (κ3) is 3.77. The van der Waals surface area contributed by atoms with Gasteiger partial charge in [0.2, 0.25) is 5.95 Å². The average Bonchev–Trinajstić information content (AvgIpc) is 3.66. The van der Waals surface area contributed by atoms with Gasteiger partial charge in [0.15, 0.2) is 11.6 Å². The first-order valence-corrected chi connectivity index (χ1v) is 18.7. The molecule has 5 aliphatic carbocycles. The fourth-order valence-electron chi connectivity index (χ4n) is 11.5. The molecular weight excluding hydrogens is 621 g/mol. The van der Waals surface area contributed by atoms with E-state index in [1.54, 1.807) is 11.1 Å². The van der Waals surface area contributed by atoms with Crippen LogP contribution in [0.5, 0.6) is 0 Å². The van der Waals surface area contributed by atoms with E-state index in [1.807, 2.05) is 12.1 Å². The highest BCUT2D eigenvalue weighted by Gasteiger charge is 2.62. The van der Waals surface area contributed by atoms with Crippen LogP contribution >= 0.6 is 0 Å². The average molecular weight is 657 g/mol. The summed E-state index contributed by atoms with van der Waals surface area (Å²) in [6, 6.07) is 48.5. The third-order valence-corrected chi connectivity index (χ3v) is 13.2. The summed E-state index contributed by atoms with van der Waals surface area (Å²) in [6.07, 6.45) is 6.86. The normalized spacial score (nSPS) is 24.2. The van der Waals surface area contributed by atoms with Crippen LogP contribution in [0.4, 0.5) is 0 Å². The minimum absolute atomic E-state index is 0.0348. The van der Waals surface area contributed by atoms with E-state index >= 15 is 0 Å². The lowest BCUT2D eigenvalue weighted by Gasteiger charge is -2.61. The maximum Gasteiger partial charge on any atom is 0.238 e. The zero-order valence-electron chi connectivity index (χ0n) is 28.3. The first-order chi connectivity index (χ1) is 25.2. The van der Waals surface area contributed by atoms with Crippen molar-refractivity contribution in [2.24, 2.45) is 23.7 Å². The Morgan fingerprint density at radius 1 is 0.510 bits per heavy atom. The van der Waals surface area contributed by atoms with Gasteiger partial charge in [0.05, 0.1) is 11.0 Å². The molecule has 4 fully saturated rings. The molecule has 0 N–H and O–H groups in total. The Morgan fingerprint density at radius 3 is 1.76 bits per heavy atom. The predicted molar refractivity (Wildman–Crippen MR) is 206 cm³/mol. The monoisotopic (exact) mass is 656 g/mol. The van der Waals surface area contributed by atoms with Crippen LogP contribution in [-0.4, -0.2) is 19.5 Å². The van der Waals surface area contributed by atoms with Gasteiger partial charge in [-0.15, -0.1) is 0 Å². The number of benzene rings is 6. The largest absolute Gasteiger partial charge is 0.278 e. The van der Waals surface area contributed by atoms with Gasteiger partial charge in [-0.2, -0.15) is 9.97 Å². The van der Waals surface area contributed by atoms with Crippen molar-refractivity contribution in [1.82, 2.24) is 19.5 Å². The minimum atomic E-state index is 0.0348. The number of nitrogens with zero attached hydrogens (tertiary/aromatic N) is 4. The van der Waals surface area contributed by atoms with Crippen molar-refractivity contribution in [3.05, 3.63) is 145 Å². The number of hydrogen-bond donors (Lipinski definition) is 0. The molecule has 13 rings (SSSR count). The van der Waals surface area contributed by atoms with E-state index in [9.17, 15) is 0 Å². The topological polar surface area (TPSA) is 43.6 Å². The van der Waals surface area contributed by atoms with Crippen molar-refractivity contribution in [3.8, 4) is 39.9 Å². The van der Waals surface area contributed by atoms with Gasteiger partial charge in [-0.3, -0.25) is 4.57 Å². The lowest BCUT2D eigenvalue weighted by molar-refractivity contribution is -0.0393. The van der Waals surface area contributed by atoms with Crippen molar-refractivity contribution in [2.75, 3.05) is 0 Å². The molecule has 8 aromatic rings. The van der Waals surface area contributed by atoms with Crippen molar-refractivity contribution in [3.63, 3.8) is 0 Å². The quantitative estimate of drug-likeness (QED) is 0.190. The van der Waals surface area contributed by atoms with Gasteiger partial charge >= 0.3 is 0 Å². The van der Waals surface area contributed by atoms with E-state index in [4.69, 9.17) is 15.0 Å². The molecule has 6 aromatic carbocycles. The Kier molecular flexibility index (Phi) is 5.64. The molecule has 0 amide bonds. The van der Waals surface area contributed by atoms with Gasteiger partial charge in [-0.25, -0.2) is 4.98 Å². The lowest BCUT2D eigenvalue weighted by atomic mass is 9.43. The molecule has 51 heavy (non-hydrogen) atoms. The molecule has 1 spiro atoms. The van der Waals surface area contributed by atoms with Crippen molar-refractivity contribution in [2.45, 2.75) is 37.5 Å². The number of aromatic nitrogens is 4. The summed E-state index contributed by atoms with van der Waals surface area (Å²) in [7, 11) is 0. The van der Waals surface area contributed by atoms with E-state index in [2.05, 4.69) is 126 Å². The smallest absolute Gasteiger partial charge is 0.238 e. The van der Waals surface area contributed by atoms with Gasteiger partial charge < -0.3 is 0 Å². The summed E-state index contributed by atoms with van der Waals surface area (Å²) >= 11 is 0. The second kappa shape index (κ2) is 10.2. The van der Waals surface area contributed by atoms with E-state index in [-0.39, 0.29) is 5.41 Å². The fraction of sp³-hybridized carbons (Fsp3) is 0.213. The molecule has 2 aromatic heterocycles. The molecule has 5 aliphatic rings. The Labute approximate surface area is 296 Å². The molecule has 244 valence electrons. The van der Waals surface area contributed by atoms with Crippen LogP contribution in [-0.2, 0) is 5.41 Å². The molecule has 0 saturated heterocycles. The van der Waals surface area contributed by atoms with Gasteiger partial charge in [0.25, 0.3) is 0 Å². The van der Waals surface area contributed by atoms with Crippen LogP contribution in [0.3, 0.4) is 0 Å². The molecule has 4 saturated carbocycles. The third-order valence-electron chi connectivity index (χ3n) is 13.2. The highest BCUT2D eigenvalue weighted by Crippen LogP contribution is 2.70. The van der Waals surface area contributed by atoms with Crippen LogP contribution in [0.1, 0.15) is 43.2 Å². The molecule has 0 radical (unpaired) electrons. The summed E-state index contributed by atoms with van der Waals surface area (Å²) in [5.74, 6) is 5.14. The predicted octanol–water partition coefficient (Wildman–Crippen LogP) is 11.2. The maximum atomic E-state index is 5.30. The summed E-state index contributed by atoms with van der Waals surface area (Å²) in [5.41, 5.74) is 10.4. The Bertz CT molecular complexity index is 2620. The number of rotatable bonds is 3. The van der Waals surface area contributed by atoms with Gasteiger partial charge in [0.1, 0.15) is 0 Å². The molecule has 0 aliphatic heterocycles. The lowest BCUT2D eigenvalue weighted by Crippen LogP contribution is -2.55. The first kappa shape index (κ1) is 28.1. The zero-order chi connectivity index (χ0) is 33.3. The van der Waals surface area contributed by atoms with Crippen molar-refractivity contribution >= 4 is 32.6 Å². The minimum Gasteiger partial charge on any atom is -0.278 e. The molecule has 0 unspecified atom stereocenters. The summed E-state index contributed by atoms with van der Waals surface area (Å²) in [6.45, 7) is 0.